The van der Waals surface area contributed by atoms with Gasteiger partial charge in [-0.3, -0.25) is 24.0 Å². The first kappa shape index (κ1) is 62.8. The zero-order chi connectivity index (χ0) is 47.3. The van der Waals surface area contributed by atoms with Crippen molar-refractivity contribution in [3.8, 4) is 0 Å². The van der Waals surface area contributed by atoms with Crippen molar-refractivity contribution < 1.29 is 33.4 Å². The molecule has 0 saturated carbocycles. The van der Waals surface area contributed by atoms with E-state index in [2.05, 4.69) is 90.1 Å². The lowest BCUT2D eigenvalue weighted by molar-refractivity contribution is -0.137. The zero-order valence-corrected chi connectivity index (χ0v) is 41.1. The van der Waals surface area contributed by atoms with Crippen molar-refractivity contribution in [2.45, 2.75) is 152 Å². The maximum atomic E-state index is 12.3. The van der Waals surface area contributed by atoms with Gasteiger partial charge in [0.2, 0.25) is 30.5 Å². The van der Waals surface area contributed by atoms with E-state index in [1.165, 1.54) is 12.0 Å². The molecule has 60 heavy (non-hydrogen) atoms. The second kappa shape index (κ2) is 39.3. The lowest BCUT2D eigenvalue weighted by atomic mass is 9.91. The number of hydrogen-bond acceptors (Lipinski definition) is 8. The van der Waals surface area contributed by atoms with Crippen molar-refractivity contribution >= 4 is 30.5 Å². The van der Waals surface area contributed by atoms with Gasteiger partial charge in [0.25, 0.3) is 0 Å². The molecule has 350 valence electrons. The molecule has 1 saturated heterocycles. The van der Waals surface area contributed by atoms with E-state index in [1.54, 1.807) is 49.0 Å². The van der Waals surface area contributed by atoms with Crippen molar-refractivity contribution in [2.24, 2.45) is 11.8 Å². The predicted octanol–water partition coefficient (Wildman–Crippen LogP) is 6.88. The molecule has 2 rings (SSSR count). The number of methoxy groups -OCH3 is 2. The van der Waals surface area contributed by atoms with E-state index in [-0.39, 0.29) is 55.1 Å². The van der Waals surface area contributed by atoms with Crippen LogP contribution in [0, 0.1) is 18.8 Å². The average molecular weight is 851 g/mol. The minimum absolute atomic E-state index is 0.0106. The summed E-state index contributed by atoms with van der Waals surface area (Å²) in [7, 11) is 6.95. The first-order chi connectivity index (χ1) is 28.3. The van der Waals surface area contributed by atoms with E-state index >= 15 is 0 Å². The fourth-order valence-corrected chi connectivity index (χ4v) is 5.89. The summed E-state index contributed by atoms with van der Waals surface area (Å²) < 4.78 is 11.0. The number of amides is 5. The quantitative estimate of drug-likeness (QED) is 0.107. The first-order valence-corrected chi connectivity index (χ1v) is 21.8. The van der Waals surface area contributed by atoms with Gasteiger partial charge in [-0.25, -0.2) is 0 Å². The molecule has 1 heterocycles. The van der Waals surface area contributed by atoms with Gasteiger partial charge in [-0.1, -0.05) is 96.4 Å². The molecule has 0 aliphatic carbocycles. The fraction of sp³-hybridized carbons (Fsp3) is 0.723. The van der Waals surface area contributed by atoms with Crippen LogP contribution in [-0.4, -0.2) is 136 Å². The molecule has 13 heteroatoms. The van der Waals surface area contributed by atoms with Crippen molar-refractivity contribution in [1.82, 2.24) is 30.7 Å². The van der Waals surface area contributed by atoms with Crippen LogP contribution in [-0.2, 0) is 33.4 Å². The number of rotatable bonds is 18. The normalized spacial score (nSPS) is 15.1. The zero-order valence-electron chi connectivity index (χ0n) is 41.1. The number of nitrogens with one attached hydrogen (secondary N) is 3. The monoisotopic (exact) mass is 851 g/mol. The van der Waals surface area contributed by atoms with Gasteiger partial charge in [-0.15, -0.1) is 6.58 Å². The number of carbonyl (C=O) groups excluding carboxylic acids is 5. The van der Waals surface area contributed by atoms with Gasteiger partial charge in [0.15, 0.2) is 0 Å². The predicted molar refractivity (Wildman–Crippen MR) is 250 cm³/mol. The molecule has 3 N–H and O–H groups in total. The van der Waals surface area contributed by atoms with E-state index in [9.17, 15) is 24.0 Å². The Bertz CT molecular complexity index is 1220. The molecule has 6 atom stereocenters. The van der Waals surface area contributed by atoms with Gasteiger partial charge in [0.05, 0.1) is 43.3 Å². The molecule has 0 radical (unpaired) electrons. The third-order valence-electron chi connectivity index (χ3n) is 9.75. The Labute approximate surface area is 367 Å². The number of likely N-dealkylation sites (N-methyl/N-ethyl adjacent to an activating group) is 2. The van der Waals surface area contributed by atoms with Crippen LogP contribution < -0.4 is 16.0 Å². The second-order valence-electron chi connectivity index (χ2n) is 15.7. The summed E-state index contributed by atoms with van der Waals surface area (Å²) in [5, 5.41) is 8.19. The van der Waals surface area contributed by atoms with Crippen molar-refractivity contribution in [3.05, 3.63) is 48.6 Å². The number of carbonyl (C=O) groups is 5. The standard InChI is InChI=1S/C16H29N3O4.C13H26N2O3.C7H8.C5H13N.C3H8.C3H6/c1-5-18(6-2)14(21)10-17-16(22)12(3)15(23-4)13-8-7-9-19(13)11-20;1-6-10(3)13(11(7-2)18-5)15(4)12(17)8-14-9-16;1-7-5-3-2-4-6-7;1-5(2,3)6-4;2*1-3-2/h11-13,15H,5-10H2,1-4H3,(H,17,22);9-11,13H,6-8H2,1-5H3,(H,14,16);2-6H,1H3;6H,1-4H3;3H2,1-2H3;3H,1H2,2H3. The summed E-state index contributed by atoms with van der Waals surface area (Å²) in [6.07, 6.45) is 7.57. The van der Waals surface area contributed by atoms with E-state index in [0.717, 1.165) is 32.1 Å². The maximum absolute atomic E-state index is 12.3. The molecule has 1 aromatic carbocycles. The minimum Gasteiger partial charge on any atom is -0.379 e. The lowest BCUT2D eigenvalue weighted by Gasteiger charge is -2.37. The second-order valence-corrected chi connectivity index (χ2v) is 15.7. The van der Waals surface area contributed by atoms with E-state index < -0.39 is 5.92 Å². The highest BCUT2D eigenvalue weighted by Gasteiger charge is 2.37. The van der Waals surface area contributed by atoms with Crippen LogP contribution in [0.25, 0.3) is 0 Å². The van der Waals surface area contributed by atoms with Crippen LogP contribution in [0.5, 0.6) is 0 Å². The number of ether oxygens (including phenoxy) is 2. The number of hydrogen-bond donors (Lipinski definition) is 3. The van der Waals surface area contributed by atoms with Crippen LogP contribution >= 0.6 is 0 Å². The van der Waals surface area contributed by atoms with Crippen LogP contribution in [0.1, 0.15) is 121 Å². The highest BCUT2D eigenvalue weighted by atomic mass is 16.5. The Morgan fingerprint density at radius 2 is 1.45 bits per heavy atom. The van der Waals surface area contributed by atoms with E-state index in [1.807, 2.05) is 52.9 Å². The molecular weight excluding hydrogens is 761 g/mol. The van der Waals surface area contributed by atoms with Gasteiger partial charge in [-0.2, -0.15) is 0 Å². The van der Waals surface area contributed by atoms with Gasteiger partial charge in [-0.05, 0) is 80.7 Å². The Hall–Kier alpha value is -3.81. The fourth-order valence-electron chi connectivity index (χ4n) is 5.89. The topological polar surface area (TPSA) is 150 Å². The summed E-state index contributed by atoms with van der Waals surface area (Å²) in [5.41, 5.74) is 1.61. The number of benzene rings is 1. The largest absolute Gasteiger partial charge is 0.379 e. The third-order valence-corrected chi connectivity index (χ3v) is 9.75. The van der Waals surface area contributed by atoms with Gasteiger partial charge < -0.3 is 40.1 Å². The Balaban J connectivity index is -0.000000370. The van der Waals surface area contributed by atoms with Crippen molar-refractivity contribution in [1.29, 1.82) is 0 Å². The summed E-state index contributed by atoms with van der Waals surface area (Å²) >= 11 is 0. The molecular formula is C47H90N6O7. The minimum atomic E-state index is -0.435. The molecule has 1 fully saturated rings. The highest BCUT2D eigenvalue weighted by molar-refractivity contribution is 5.86. The highest BCUT2D eigenvalue weighted by Crippen LogP contribution is 2.25. The molecule has 1 aromatic rings. The first-order valence-electron chi connectivity index (χ1n) is 21.8. The van der Waals surface area contributed by atoms with E-state index in [0.29, 0.717) is 37.5 Å². The van der Waals surface area contributed by atoms with Crippen LogP contribution in [0.4, 0.5) is 0 Å². The van der Waals surface area contributed by atoms with Crippen molar-refractivity contribution in [3.63, 3.8) is 0 Å². The summed E-state index contributed by atoms with van der Waals surface area (Å²) in [6.45, 7) is 31.8. The van der Waals surface area contributed by atoms with Crippen LogP contribution in [0.2, 0.25) is 0 Å². The van der Waals surface area contributed by atoms with Gasteiger partial charge in [0.1, 0.15) is 0 Å². The number of allylic oxidation sites excluding steroid dienone is 1. The van der Waals surface area contributed by atoms with Gasteiger partial charge >= 0.3 is 0 Å². The number of nitrogens with zero attached hydrogens (tertiary/aromatic N) is 3. The SMILES string of the molecule is C=CC.CCC.CCC(C)C(C(CC)OC)N(C)C(=O)CNC=O.CCN(CC)C(=O)CNC(=O)C(C)C(OC)C1CCCN1C=O.CNC(C)(C)C.Cc1ccccc1. The molecule has 0 spiro atoms. The number of aryl methyl sites for hydroxylation is 1. The molecule has 5 amide bonds. The summed E-state index contributed by atoms with van der Waals surface area (Å²) in [5.74, 6) is -0.506. The molecule has 1 aliphatic rings. The third kappa shape index (κ3) is 29.4. The van der Waals surface area contributed by atoms with Gasteiger partial charge in [0, 0.05) is 46.4 Å². The molecule has 1 aliphatic heterocycles. The molecule has 0 aromatic heterocycles. The van der Waals surface area contributed by atoms with Crippen molar-refractivity contribution in [2.75, 3.05) is 61.0 Å². The van der Waals surface area contributed by atoms with E-state index in [4.69, 9.17) is 9.47 Å². The molecule has 13 nitrogen and oxygen atoms in total. The Morgan fingerprint density at radius 3 is 1.80 bits per heavy atom. The maximum Gasteiger partial charge on any atom is 0.242 e. The lowest BCUT2D eigenvalue weighted by Crippen LogP contribution is -2.51. The summed E-state index contributed by atoms with van der Waals surface area (Å²) in [6, 6.07) is 10.2. The molecule has 0 bridgehead atoms. The Kier molecular flexibility index (Phi) is 41.2. The summed E-state index contributed by atoms with van der Waals surface area (Å²) in [4.78, 5) is 62.6. The number of likely N-dealkylation sites (tertiary alicyclic amines) is 1. The van der Waals surface area contributed by atoms with Crippen LogP contribution in [0.3, 0.4) is 0 Å². The smallest absolute Gasteiger partial charge is 0.242 e. The Morgan fingerprint density at radius 1 is 0.933 bits per heavy atom. The molecule has 6 unspecified atom stereocenters. The van der Waals surface area contributed by atoms with Crippen LogP contribution in [0.15, 0.2) is 43.0 Å². The average Bonchev–Trinajstić information content (AvgIpc) is 3.71.